The number of anilines is 1. The van der Waals surface area contributed by atoms with Crippen LogP contribution in [0.1, 0.15) is 60.5 Å². The van der Waals surface area contributed by atoms with Gasteiger partial charge in [-0.15, -0.1) is 0 Å². The first-order chi connectivity index (χ1) is 14.3. The highest BCUT2D eigenvalue weighted by Gasteiger charge is 2.28. The number of aryl methyl sites for hydroxylation is 1. The minimum Gasteiger partial charge on any atom is -0.426 e. The number of nitrogens with one attached hydrogen (secondary N) is 1. The Morgan fingerprint density at radius 3 is 2.32 bits per heavy atom. The summed E-state index contributed by atoms with van der Waals surface area (Å²) in [7, 11) is 0. The third kappa shape index (κ3) is 5.66. The average Bonchev–Trinajstić information content (AvgIpc) is 2.97. The topological polar surface area (TPSA) is 55.6 Å². The Morgan fingerprint density at radius 1 is 1.10 bits per heavy atom. The van der Waals surface area contributed by atoms with Crippen LogP contribution in [0.5, 0.6) is 5.75 Å². The van der Waals surface area contributed by atoms with Crippen molar-refractivity contribution < 1.29 is 9.53 Å². The highest BCUT2D eigenvalue weighted by molar-refractivity contribution is 5.78. The van der Waals surface area contributed by atoms with E-state index in [4.69, 9.17) is 9.72 Å². The van der Waals surface area contributed by atoms with Crippen molar-refractivity contribution >= 4 is 17.4 Å². The number of fused-ring (bicyclic) bond motifs is 1. The molecule has 0 amide bonds. The molecule has 0 saturated heterocycles. The Kier molecular flexibility index (Phi) is 6.17. The number of carbonyl (C=O) groups is 1. The van der Waals surface area contributed by atoms with E-state index in [0.717, 1.165) is 29.1 Å². The summed E-state index contributed by atoms with van der Waals surface area (Å²) in [4.78, 5) is 16.8. The van der Waals surface area contributed by atoms with Gasteiger partial charge in [-0.1, -0.05) is 34.6 Å². The highest BCUT2D eigenvalue weighted by Crippen LogP contribution is 2.35. The van der Waals surface area contributed by atoms with Gasteiger partial charge in [0, 0.05) is 17.3 Å². The van der Waals surface area contributed by atoms with Crippen LogP contribution < -0.4 is 10.1 Å². The van der Waals surface area contributed by atoms with Crippen molar-refractivity contribution in [3.63, 3.8) is 0 Å². The van der Waals surface area contributed by atoms with E-state index in [1.165, 1.54) is 5.56 Å². The van der Waals surface area contributed by atoms with Crippen molar-refractivity contribution in [2.75, 3.05) is 5.32 Å². The number of hydrogen-bond donors (Lipinski definition) is 1. The first kappa shape index (κ1) is 22.9. The molecule has 2 aromatic heterocycles. The largest absolute Gasteiger partial charge is 0.426 e. The molecule has 0 saturated carbocycles. The number of ether oxygens (including phenoxy) is 1. The molecule has 3 rings (SSSR count). The van der Waals surface area contributed by atoms with E-state index in [1.54, 1.807) is 0 Å². The molecule has 0 spiro atoms. The van der Waals surface area contributed by atoms with Gasteiger partial charge in [0.15, 0.2) is 0 Å². The summed E-state index contributed by atoms with van der Waals surface area (Å²) < 4.78 is 7.54. The zero-order chi connectivity index (χ0) is 23.0. The molecule has 31 heavy (non-hydrogen) atoms. The van der Waals surface area contributed by atoms with Gasteiger partial charge in [-0.05, 0) is 74.6 Å². The van der Waals surface area contributed by atoms with Crippen molar-refractivity contribution in [1.82, 2.24) is 9.38 Å². The molecule has 0 aliphatic carbocycles. The molecule has 0 bridgehead atoms. The molecular formula is C26H35N3O2. The first-order valence-corrected chi connectivity index (χ1v) is 10.9. The number of hydrogen-bond acceptors (Lipinski definition) is 4. The number of aromatic nitrogens is 2. The summed E-state index contributed by atoms with van der Waals surface area (Å²) >= 11 is 0. The van der Waals surface area contributed by atoms with E-state index in [0.29, 0.717) is 5.75 Å². The molecule has 2 heterocycles. The molecule has 0 aliphatic rings. The summed E-state index contributed by atoms with van der Waals surface area (Å²) in [5.74, 6) is 1.12. The van der Waals surface area contributed by atoms with Crippen LogP contribution in [0.15, 0.2) is 42.6 Å². The lowest BCUT2D eigenvalue weighted by molar-refractivity contribution is -0.137. The van der Waals surface area contributed by atoms with Gasteiger partial charge in [-0.2, -0.15) is 0 Å². The zero-order valence-corrected chi connectivity index (χ0v) is 20.0. The number of rotatable bonds is 6. The van der Waals surface area contributed by atoms with Gasteiger partial charge in [-0.25, -0.2) is 4.98 Å². The van der Waals surface area contributed by atoms with E-state index in [2.05, 4.69) is 69.6 Å². The van der Waals surface area contributed by atoms with Crippen molar-refractivity contribution in [2.45, 2.75) is 67.3 Å². The molecule has 0 aliphatic heterocycles. The van der Waals surface area contributed by atoms with Crippen molar-refractivity contribution in [2.24, 2.45) is 11.3 Å². The Balaban J connectivity index is 2.02. The maximum absolute atomic E-state index is 11.9. The third-order valence-electron chi connectivity index (χ3n) is 5.03. The van der Waals surface area contributed by atoms with Crippen molar-refractivity contribution in [1.29, 1.82) is 0 Å². The summed E-state index contributed by atoms with van der Waals surface area (Å²) in [5.41, 5.74) is 3.99. The number of nitrogens with zero attached hydrogens (tertiary/aromatic N) is 2. The Hall–Kier alpha value is -2.82. The molecular weight excluding hydrogens is 386 g/mol. The fourth-order valence-electron chi connectivity index (χ4n) is 4.07. The first-order valence-electron chi connectivity index (χ1n) is 10.9. The summed E-state index contributed by atoms with van der Waals surface area (Å²) in [5, 5.41) is 3.76. The van der Waals surface area contributed by atoms with Crippen LogP contribution in [0.4, 0.5) is 5.82 Å². The molecule has 1 aromatic carbocycles. The third-order valence-corrected chi connectivity index (χ3v) is 5.03. The monoisotopic (exact) mass is 421 g/mol. The van der Waals surface area contributed by atoms with Gasteiger partial charge in [0.05, 0.1) is 5.92 Å². The highest BCUT2D eigenvalue weighted by atomic mass is 16.5. The maximum Gasteiger partial charge on any atom is 0.313 e. The lowest BCUT2D eigenvalue weighted by atomic mass is 9.82. The van der Waals surface area contributed by atoms with Gasteiger partial charge < -0.3 is 10.1 Å². The van der Waals surface area contributed by atoms with Crippen LogP contribution in [-0.4, -0.2) is 20.9 Å². The molecule has 1 N–H and O–H groups in total. The lowest BCUT2D eigenvalue weighted by Crippen LogP contribution is -2.36. The SMILES string of the molecule is Cc1ccn2c(NC(C)(C)CC(C)(C)C)c(-c3ccc(OC(=O)C(C)C)cc3)nc2c1. The Labute approximate surface area is 185 Å². The lowest BCUT2D eigenvalue weighted by Gasteiger charge is -2.34. The van der Waals surface area contributed by atoms with Gasteiger partial charge in [0.25, 0.3) is 0 Å². The van der Waals surface area contributed by atoms with E-state index in [-0.39, 0.29) is 22.8 Å². The molecule has 5 nitrogen and oxygen atoms in total. The Bertz CT molecular complexity index is 1070. The van der Waals surface area contributed by atoms with Crippen LogP contribution in [0.25, 0.3) is 16.9 Å². The number of pyridine rings is 1. The van der Waals surface area contributed by atoms with E-state index >= 15 is 0 Å². The van der Waals surface area contributed by atoms with E-state index < -0.39 is 0 Å². The quantitative estimate of drug-likeness (QED) is 0.365. The molecule has 5 heteroatoms. The smallest absolute Gasteiger partial charge is 0.313 e. The average molecular weight is 422 g/mol. The second-order valence-electron chi connectivity index (χ2n) is 10.6. The van der Waals surface area contributed by atoms with Crippen molar-refractivity contribution in [3.05, 3.63) is 48.2 Å². The minimum absolute atomic E-state index is 0.124. The standard InChI is InChI=1S/C26H35N3O2/c1-17(2)24(30)31-20-11-9-19(10-12-20)22-23(28-26(7,8)16-25(4,5)6)29-14-13-18(3)15-21(29)27-22/h9-15,17,28H,16H2,1-8H3. The normalized spacial score (nSPS) is 12.4. The van der Waals surface area contributed by atoms with Crippen LogP contribution in [0, 0.1) is 18.3 Å². The van der Waals surface area contributed by atoms with Gasteiger partial charge in [-0.3, -0.25) is 9.20 Å². The zero-order valence-electron chi connectivity index (χ0n) is 20.0. The fourth-order valence-corrected chi connectivity index (χ4v) is 4.07. The van der Waals surface area contributed by atoms with Crippen LogP contribution in [0.3, 0.4) is 0 Å². The van der Waals surface area contributed by atoms with Gasteiger partial charge in [0.2, 0.25) is 0 Å². The predicted octanol–water partition coefficient (Wildman–Crippen LogP) is 6.50. The van der Waals surface area contributed by atoms with Gasteiger partial charge >= 0.3 is 5.97 Å². The fraction of sp³-hybridized carbons (Fsp3) is 0.462. The summed E-state index contributed by atoms with van der Waals surface area (Å²) in [6.07, 6.45) is 3.07. The number of imidazole rings is 1. The maximum atomic E-state index is 11.9. The number of carbonyl (C=O) groups excluding carboxylic acids is 1. The van der Waals surface area contributed by atoms with Crippen LogP contribution in [0.2, 0.25) is 0 Å². The molecule has 166 valence electrons. The molecule has 0 atom stereocenters. The van der Waals surface area contributed by atoms with Crippen LogP contribution in [-0.2, 0) is 4.79 Å². The Morgan fingerprint density at radius 2 is 1.74 bits per heavy atom. The van der Waals surface area contributed by atoms with Gasteiger partial charge in [0.1, 0.15) is 22.9 Å². The van der Waals surface area contributed by atoms with Crippen molar-refractivity contribution in [3.8, 4) is 17.0 Å². The molecule has 3 aromatic rings. The number of benzene rings is 1. The van der Waals surface area contributed by atoms with Crippen LogP contribution >= 0.6 is 0 Å². The minimum atomic E-state index is -0.234. The predicted molar refractivity (Wildman–Crippen MR) is 128 cm³/mol. The summed E-state index contributed by atoms with van der Waals surface area (Å²) in [6, 6.07) is 11.8. The van der Waals surface area contributed by atoms with E-state index in [9.17, 15) is 4.79 Å². The second kappa shape index (κ2) is 8.37. The van der Waals surface area contributed by atoms with E-state index in [1.807, 2.05) is 38.1 Å². The number of esters is 1. The molecule has 0 radical (unpaired) electrons. The summed E-state index contributed by atoms with van der Waals surface area (Å²) in [6.45, 7) is 16.9. The molecule has 0 unspecified atom stereocenters. The molecule has 0 fully saturated rings. The second-order valence-corrected chi connectivity index (χ2v) is 10.6.